The molecule has 0 fully saturated rings. The van der Waals surface area contributed by atoms with Crippen LogP contribution in [0.5, 0.6) is 0 Å². The maximum atomic E-state index is 13.0. The Hall–Kier alpha value is -2.32. The van der Waals surface area contributed by atoms with Gasteiger partial charge < -0.3 is 28.8 Å². The second-order valence-corrected chi connectivity index (χ2v) is 26.3. The molecule has 9 heteroatoms. The van der Waals surface area contributed by atoms with Gasteiger partial charge in [0.15, 0.2) is 0 Å². The molecule has 0 rings (SSSR count). The Morgan fingerprint density at radius 1 is 0.439 bits per heavy atom. The maximum Gasteiger partial charge on any atom is 0.268 e. The molecule has 478 valence electrons. The summed E-state index contributed by atoms with van der Waals surface area (Å²) in [5, 5.41) is 13.9. The first-order valence-electron chi connectivity index (χ1n) is 34.9. The number of phosphoric acid groups is 1. The van der Waals surface area contributed by atoms with Crippen molar-refractivity contribution in [1.82, 2.24) is 5.32 Å². The molecule has 0 aliphatic carbocycles. The number of amides is 1. The van der Waals surface area contributed by atoms with E-state index < -0.39 is 26.6 Å². The molecule has 0 heterocycles. The summed E-state index contributed by atoms with van der Waals surface area (Å²) in [4.78, 5) is 25.6. The fraction of sp³-hybridized carbons (Fsp3) is 0.795. The van der Waals surface area contributed by atoms with Crippen molar-refractivity contribution in [3.63, 3.8) is 0 Å². The van der Waals surface area contributed by atoms with Gasteiger partial charge in [-0.15, -0.1) is 0 Å². The molecule has 0 spiro atoms. The molecule has 0 aliphatic heterocycles. The maximum absolute atomic E-state index is 13.0. The number of nitrogens with one attached hydrogen (secondary N) is 1. The minimum absolute atomic E-state index is 0.00729. The predicted octanol–water partition coefficient (Wildman–Crippen LogP) is 21.7. The van der Waals surface area contributed by atoms with Crippen LogP contribution in [0.2, 0.25) is 0 Å². The van der Waals surface area contributed by atoms with E-state index in [-0.39, 0.29) is 12.5 Å². The summed E-state index contributed by atoms with van der Waals surface area (Å²) in [6.07, 6.45) is 89.9. The van der Waals surface area contributed by atoms with Crippen LogP contribution >= 0.6 is 7.82 Å². The highest BCUT2D eigenvalue weighted by atomic mass is 31.2. The van der Waals surface area contributed by atoms with Crippen LogP contribution in [-0.2, 0) is 18.4 Å². The Labute approximate surface area is 509 Å². The molecule has 0 radical (unpaired) electrons. The molecule has 0 aliphatic rings. The Morgan fingerprint density at radius 2 is 0.756 bits per heavy atom. The summed E-state index contributed by atoms with van der Waals surface area (Å²) in [7, 11) is 1.25. The zero-order chi connectivity index (χ0) is 59.8. The number of aliphatic hydroxyl groups is 1. The molecular weight excluding hydrogens is 1030 g/mol. The largest absolute Gasteiger partial charge is 0.756 e. The van der Waals surface area contributed by atoms with Gasteiger partial charge in [0, 0.05) is 6.42 Å². The molecule has 0 aromatic heterocycles. The lowest BCUT2D eigenvalue weighted by Gasteiger charge is -2.29. The van der Waals surface area contributed by atoms with Crippen molar-refractivity contribution < 1.29 is 32.9 Å². The van der Waals surface area contributed by atoms with E-state index in [1.54, 1.807) is 6.08 Å². The standard InChI is InChI=1S/C73H135N2O6P/c1-6-8-10-12-14-16-18-20-22-24-26-28-30-32-33-34-35-36-37-38-39-40-41-43-45-47-49-51-53-55-57-59-61-63-65-67-73(77)74-71(70-81-82(78,79)80-69-68-75(3,4)5)72(76)66-64-62-60-58-56-54-52-50-48-46-44-42-31-29-27-25-23-21-19-17-15-13-11-9-7-2/h8,10,14,16,20,22,26,28,32-33,56,58,64,66,71-72,76H,6-7,9,11-13,15,17-19,21,23-25,27,29-31,34-55,57,59-63,65,67-70H2,1-5H3,(H-,74,77,78,79)/b10-8-,16-14-,22-20-,28-26-,33-32-,58-56+,66-64+. The first kappa shape index (κ1) is 79.7. The molecular formula is C73H135N2O6P. The summed E-state index contributed by atoms with van der Waals surface area (Å²) in [5.41, 5.74) is 0. The van der Waals surface area contributed by atoms with Crippen LogP contribution in [0.1, 0.15) is 322 Å². The third-order valence-corrected chi connectivity index (χ3v) is 16.6. The number of unbranched alkanes of at least 4 members (excludes halogenated alkanes) is 39. The monoisotopic (exact) mass is 1170 g/mol. The summed E-state index contributed by atoms with van der Waals surface area (Å²) >= 11 is 0. The average molecular weight is 1170 g/mol. The number of nitrogens with zero attached hydrogens (tertiary/aromatic N) is 1. The van der Waals surface area contributed by atoms with Gasteiger partial charge in [0.2, 0.25) is 5.91 Å². The van der Waals surface area contributed by atoms with Crippen LogP contribution in [0, 0.1) is 0 Å². The van der Waals surface area contributed by atoms with Crippen LogP contribution in [-0.4, -0.2) is 68.5 Å². The zero-order valence-corrected chi connectivity index (χ0v) is 55.6. The summed E-state index contributed by atoms with van der Waals surface area (Å²) < 4.78 is 23.4. The minimum Gasteiger partial charge on any atom is -0.756 e. The van der Waals surface area contributed by atoms with Crippen molar-refractivity contribution in [2.45, 2.75) is 334 Å². The number of rotatable bonds is 64. The molecule has 1 amide bonds. The third-order valence-electron chi connectivity index (χ3n) is 15.6. The third kappa shape index (κ3) is 65.2. The Bertz CT molecular complexity index is 1610. The van der Waals surface area contributed by atoms with Crippen molar-refractivity contribution in [2.24, 2.45) is 0 Å². The van der Waals surface area contributed by atoms with E-state index in [1.807, 2.05) is 27.2 Å². The summed E-state index contributed by atoms with van der Waals surface area (Å²) in [6, 6.07) is -0.907. The second-order valence-electron chi connectivity index (χ2n) is 24.8. The molecule has 3 atom stereocenters. The summed E-state index contributed by atoms with van der Waals surface area (Å²) in [6.45, 7) is 4.55. The smallest absolute Gasteiger partial charge is 0.268 e. The molecule has 8 nitrogen and oxygen atoms in total. The number of allylic oxidation sites excluding steroid dienone is 13. The van der Waals surface area contributed by atoms with Crippen molar-refractivity contribution in [3.8, 4) is 0 Å². The van der Waals surface area contributed by atoms with E-state index in [0.717, 1.165) is 70.6 Å². The van der Waals surface area contributed by atoms with Crippen LogP contribution in [0.4, 0.5) is 0 Å². The molecule has 0 saturated heterocycles. The van der Waals surface area contributed by atoms with Gasteiger partial charge in [-0.1, -0.05) is 324 Å². The number of phosphoric ester groups is 1. The van der Waals surface area contributed by atoms with E-state index in [4.69, 9.17) is 9.05 Å². The van der Waals surface area contributed by atoms with Crippen molar-refractivity contribution >= 4 is 13.7 Å². The number of aliphatic hydroxyl groups excluding tert-OH is 1. The number of carbonyl (C=O) groups is 1. The van der Waals surface area contributed by atoms with Crippen LogP contribution in [0.3, 0.4) is 0 Å². The van der Waals surface area contributed by atoms with E-state index in [0.29, 0.717) is 17.4 Å². The second kappa shape index (κ2) is 63.2. The number of quaternary nitrogens is 1. The fourth-order valence-electron chi connectivity index (χ4n) is 10.2. The Kier molecular flexibility index (Phi) is 61.4. The van der Waals surface area contributed by atoms with Gasteiger partial charge in [-0.2, -0.15) is 0 Å². The Morgan fingerprint density at radius 3 is 1.13 bits per heavy atom. The SMILES string of the molecule is CC/C=C\C/C=C\C/C=C\C/C=C\C/C=C\CCCCCCCCCCCCCCCCCCCCCC(=O)NC(COP(=O)([O-])OCC[N+](C)(C)C)C(O)/C=C/CC/C=C/CCCCCCCCCCCCCCCCCCCCC. The number of hydrogen-bond donors (Lipinski definition) is 2. The topological polar surface area (TPSA) is 108 Å². The van der Waals surface area contributed by atoms with Crippen LogP contribution in [0.15, 0.2) is 85.1 Å². The summed E-state index contributed by atoms with van der Waals surface area (Å²) in [5.74, 6) is -0.204. The van der Waals surface area contributed by atoms with E-state index >= 15 is 0 Å². The molecule has 0 aromatic rings. The lowest BCUT2D eigenvalue weighted by molar-refractivity contribution is -0.870. The van der Waals surface area contributed by atoms with Gasteiger partial charge >= 0.3 is 0 Å². The Balaban J connectivity index is 4.07. The average Bonchev–Trinajstić information content (AvgIpc) is 3.45. The van der Waals surface area contributed by atoms with Gasteiger partial charge in [-0.25, -0.2) is 0 Å². The quantitative estimate of drug-likeness (QED) is 0.0272. The van der Waals surface area contributed by atoms with E-state index in [1.165, 1.54) is 231 Å². The van der Waals surface area contributed by atoms with Crippen molar-refractivity contribution in [1.29, 1.82) is 0 Å². The number of likely N-dealkylation sites (N-methyl/N-ethyl adjacent to an activating group) is 1. The molecule has 82 heavy (non-hydrogen) atoms. The van der Waals surface area contributed by atoms with Gasteiger partial charge in [-0.3, -0.25) is 9.36 Å². The van der Waals surface area contributed by atoms with E-state index in [9.17, 15) is 19.4 Å². The van der Waals surface area contributed by atoms with Gasteiger partial charge in [0.05, 0.1) is 39.9 Å². The van der Waals surface area contributed by atoms with Crippen molar-refractivity contribution in [3.05, 3.63) is 85.1 Å². The number of carbonyl (C=O) groups excluding carboxylic acids is 1. The highest BCUT2D eigenvalue weighted by Gasteiger charge is 2.23. The van der Waals surface area contributed by atoms with Crippen molar-refractivity contribution in [2.75, 3.05) is 40.9 Å². The van der Waals surface area contributed by atoms with Gasteiger partial charge in [-0.05, 0) is 77.0 Å². The molecule has 3 unspecified atom stereocenters. The normalized spacial score (nSPS) is 14.2. The highest BCUT2D eigenvalue weighted by molar-refractivity contribution is 7.45. The van der Waals surface area contributed by atoms with Crippen LogP contribution < -0.4 is 10.2 Å². The van der Waals surface area contributed by atoms with Gasteiger partial charge in [0.1, 0.15) is 13.2 Å². The molecule has 0 bridgehead atoms. The number of hydrogen-bond acceptors (Lipinski definition) is 6. The molecule has 2 N–H and O–H groups in total. The molecule has 0 aromatic carbocycles. The minimum atomic E-state index is -4.61. The molecule has 0 saturated carbocycles. The van der Waals surface area contributed by atoms with Crippen LogP contribution in [0.25, 0.3) is 0 Å². The zero-order valence-electron chi connectivity index (χ0n) is 54.7. The predicted molar refractivity (Wildman–Crippen MR) is 357 cm³/mol. The first-order chi connectivity index (χ1) is 40.0. The lowest BCUT2D eigenvalue weighted by atomic mass is 10.0. The van der Waals surface area contributed by atoms with Gasteiger partial charge in [0.25, 0.3) is 7.82 Å². The highest BCUT2D eigenvalue weighted by Crippen LogP contribution is 2.38. The first-order valence-corrected chi connectivity index (χ1v) is 36.4. The van der Waals surface area contributed by atoms with E-state index in [2.05, 4.69) is 92.1 Å². The fourth-order valence-corrected chi connectivity index (χ4v) is 10.9. The lowest BCUT2D eigenvalue weighted by Crippen LogP contribution is -2.45.